The first-order chi connectivity index (χ1) is 6.66. The van der Waals surface area contributed by atoms with Crippen LogP contribution in [-0.4, -0.2) is 18.0 Å². The highest BCUT2D eigenvalue weighted by atomic mass is 16.1. The molecule has 0 spiro atoms. The third-order valence-corrected chi connectivity index (χ3v) is 3.09. The summed E-state index contributed by atoms with van der Waals surface area (Å²) in [6, 6.07) is 0.454. The molecule has 0 aromatic carbocycles. The number of rotatable bonds is 5. The van der Waals surface area contributed by atoms with Crippen LogP contribution >= 0.6 is 0 Å². The maximum atomic E-state index is 11.5. The Morgan fingerprint density at radius 3 is 2.21 bits per heavy atom. The summed E-state index contributed by atoms with van der Waals surface area (Å²) in [4.78, 5) is 11.5. The van der Waals surface area contributed by atoms with Crippen molar-refractivity contribution in [2.24, 2.45) is 17.6 Å². The molecule has 2 saturated carbocycles. The molecule has 3 N–H and O–H groups in total. The van der Waals surface area contributed by atoms with Gasteiger partial charge in [-0.15, -0.1) is 0 Å². The zero-order chi connectivity index (χ0) is 10.1. The van der Waals surface area contributed by atoms with Gasteiger partial charge in [0, 0.05) is 18.5 Å². The van der Waals surface area contributed by atoms with E-state index in [0.717, 1.165) is 11.8 Å². The first-order valence-electron chi connectivity index (χ1n) is 5.71. The third kappa shape index (κ3) is 2.71. The van der Waals surface area contributed by atoms with E-state index >= 15 is 0 Å². The summed E-state index contributed by atoms with van der Waals surface area (Å²) in [6.45, 7) is 1.88. The molecule has 3 nitrogen and oxygen atoms in total. The van der Waals surface area contributed by atoms with Gasteiger partial charge in [-0.2, -0.15) is 0 Å². The fraction of sp³-hybridized carbons (Fsp3) is 0.909. The highest BCUT2D eigenvalue weighted by Gasteiger charge is 2.42. The van der Waals surface area contributed by atoms with Crippen LogP contribution in [0.25, 0.3) is 0 Å². The van der Waals surface area contributed by atoms with Crippen LogP contribution in [0.2, 0.25) is 0 Å². The zero-order valence-electron chi connectivity index (χ0n) is 8.83. The molecule has 2 aliphatic rings. The first-order valence-corrected chi connectivity index (χ1v) is 5.71. The Kier molecular flexibility index (Phi) is 2.77. The van der Waals surface area contributed by atoms with Gasteiger partial charge in [-0.1, -0.05) is 0 Å². The molecule has 0 aliphatic heterocycles. The fourth-order valence-corrected chi connectivity index (χ4v) is 2.07. The minimum atomic E-state index is -0.0194. The molecule has 2 fully saturated rings. The molecule has 3 heteroatoms. The van der Waals surface area contributed by atoms with E-state index in [1.165, 1.54) is 25.7 Å². The van der Waals surface area contributed by atoms with E-state index in [1.807, 2.05) is 6.92 Å². The highest BCUT2D eigenvalue weighted by molar-refractivity contribution is 5.77. The maximum Gasteiger partial charge on any atom is 0.221 e. The number of carbonyl (C=O) groups is 1. The average molecular weight is 196 g/mol. The average Bonchev–Trinajstić information content (AvgIpc) is 2.94. The monoisotopic (exact) mass is 196 g/mol. The van der Waals surface area contributed by atoms with Gasteiger partial charge < -0.3 is 11.1 Å². The van der Waals surface area contributed by atoms with E-state index in [-0.39, 0.29) is 11.9 Å². The third-order valence-electron chi connectivity index (χ3n) is 3.09. The molecule has 1 amide bonds. The molecule has 0 saturated heterocycles. The van der Waals surface area contributed by atoms with Gasteiger partial charge in [0.15, 0.2) is 0 Å². The molecule has 0 aromatic heterocycles. The van der Waals surface area contributed by atoms with Crippen molar-refractivity contribution in [2.75, 3.05) is 0 Å². The molecule has 1 unspecified atom stereocenters. The Balaban J connectivity index is 1.78. The molecule has 0 bridgehead atoms. The van der Waals surface area contributed by atoms with E-state index < -0.39 is 0 Å². The lowest BCUT2D eigenvalue weighted by atomic mass is 10.1. The lowest BCUT2D eigenvalue weighted by molar-refractivity contribution is -0.122. The van der Waals surface area contributed by atoms with Gasteiger partial charge in [-0.05, 0) is 44.4 Å². The quantitative estimate of drug-likeness (QED) is 0.690. The molecule has 80 valence electrons. The van der Waals surface area contributed by atoms with E-state index in [9.17, 15) is 4.79 Å². The molecule has 1 atom stereocenters. The Labute approximate surface area is 85.4 Å². The number of carbonyl (C=O) groups excluding carboxylic acids is 1. The second-order valence-electron chi connectivity index (χ2n) is 4.95. The largest absolute Gasteiger partial charge is 0.353 e. The van der Waals surface area contributed by atoms with E-state index in [1.54, 1.807) is 0 Å². The Hall–Kier alpha value is -0.570. The summed E-state index contributed by atoms with van der Waals surface area (Å²) in [5.74, 6) is 1.70. The molecule has 0 heterocycles. The van der Waals surface area contributed by atoms with Crippen LogP contribution in [0.4, 0.5) is 0 Å². The van der Waals surface area contributed by atoms with Crippen molar-refractivity contribution in [3.8, 4) is 0 Å². The first kappa shape index (κ1) is 9.97. The summed E-state index contributed by atoms with van der Waals surface area (Å²) < 4.78 is 0. The number of hydrogen-bond acceptors (Lipinski definition) is 2. The molecule has 0 radical (unpaired) electrons. The molecular weight excluding hydrogens is 176 g/mol. The second-order valence-corrected chi connectivity index (χ2v) is 4.95. The van der Waals surface area contributed by atoms with Gasteiger partial charge in [0.05, 0.1) is 0 Å². The Morgan fingerprint density at radius 2 is 1.86 bits per heavy atom. The molecule has 14 heavy (non-hydrogen) atoms. The summed E-state index contributed by atoms with van der Waals surface area (Å²) in [6.07, 6.45) is 5.69. The van der Waals surface area contributed by atoms with Crippen LogP contribution in [0.5, 0.6) is 0 Å². The fourth-order valence-electron chi connectivity index (χ4n) is 2.07. The summed E-state index contributed by atoms with van der Waals surface area (Å²) in [5, 5.41) is 3.15. The molecular formula is C11H20N2O. The van der Waals surface area contributed by atoms with Crippen molar-refractivity contribution < 1.29 is 4.79 Å². The minimum absolute atomic E-state index is 0.0194. The lowest BCUT2D eigenvalue weighted by Gasteiger charge is -2.18. The van der Waals surface area contributed by atoms with Crippen molar-refractivity contribution in [3.05, 3.63) is 0 Å². The smallest absolute Gasteiger partial charge is 0.221 e. The highest BCUT2D eigenvalue weighted by Crippen LogP contribution is 2.44. The maximum absolute atomic E-state index is 11.5. The predicted molar refractivity (Wildman–Crippen MR) is 55.6 cm³/mol. The van der Waals surface area contributed by atoms with Crippen LogP contribution < -0.4 is 11.1 Å². The van der Waals surface area contributed by atoms with E-state index in [0.29, 0.717) is 12.5 Å². The van der Waals surface area contributed by atoms with Gasteiger partial charge in [-0.3, -0.25) is 4.79 Å². The number of hydrogen-bond donors (Lipinski definition) is 2. The summed E-state index contributed by atoms with van der Waals surface area (Å²) in [5.41, 5.74) is 5.59. The van der Waals surface area contributed by atoms with Gasteiger partial charge >= 0.3 is 0 Å². The summed E-state index contributed by atoms with van der Waals surface area (Å²) in [7, 11) is 0. The second kappa shape index (κ2) is 3.89. The number of nitrogens with two attached hydrogens (primary N) is 1. The van der Waals surface area contributed by atoms with Gasteiger partial charge in [0.2, 0.25) is 5.91 Å². The van der Waals surface area contributed by atoms with E-state index in [2.05, 4.69) is 5.32 Å². The lowest BCUT2D eigenvalue weighted by Crippen LogP contribution is -2.40. The van der Waals surface area contributed by atoms with Crippen LogP contribution in [0.1, 0.15) is 39.0 Å². The van der Waals surface area contributed by atoms with Crippen molar-refractivity contribution >= 4 is 5.91 Å². The molecule has 2 rings (SSSR count). The molecule has 0 aromatic rings. The molecule has 2 aliphatic carbocycles. The topological polar surface area (TPSA) is 55.1 Å². The number of amides is 1. The zero-order valence-corrected chi connectivity index (χ0v) is 8.83. The number of nitrogens with one attached hydrogen (secondary N) is 1. The van der Waals surface area contributed by atoms with E-state index in [4.69, 9.17) is 5.73 Å². The van der Waals surface area contributed by atoms with Crippen molar-refractivity contribution in [3.63, 3.8) is 0 Å². The van der Waals surface area contributed by atoms with Gasteiger partial charge in [0.1, 0.15) is 0 Å². The van der Waals surface area contributed by atoms with Crippen molar-refractivity contribution in [1.29, 1.82) is 0 Å². The Morgan fingerprint density at radius 1 is 1.36 bits per heavy atom. The minimum Gasteiger partial charge on any atom is -0.353 e. The standard InChI is InChI=1S/C11H20N2O/c1-7(12)6-10(14)13-11(8-2-3-8)9-4-5-9/h7-9,11H,2-6,12H2,1H3,(H,13,14). The predicted octanol–water partition coefficient (Wildman–Crippen LogP) is 1.03. The van der Waals surface area contributed by atoms with Crippen LogP contribution in [-0.2, 0) is 4.79 Å². The van der Waals surface area contributed by atoms with Crippen molar-refractivity contribution in [2.45, 2.75) is 51.1 Å². The normalized spacial score (nSPS) is 23.6. The Bertz CT molecular complexity index is 207. The van der Waals surface area contributed by atoms with Crippen molar-refractivity contribution in [1.82, 2.24) is 5.32 Å². The SMILES string of the molecule is CC(N)CC(=O)NC(C1CC1)C1CC1. The van der Waals surface area contributed by atoms with Crippen LogP contribution in [0.3, 0.4) is 0 Å². The van der Waals surface area contributed by atoms with Crippen LogP contribution in [0.15, 0.2) is 0 Å². The van der Waals surface area contributed by atoms with Gasteiger partial charge in [-0.25, -0.2) is 0 Å². The summed E-state index contributed by atoms with van der Waals surface area (Å²) >= 11 is 0. The van der Waals surface area contributed by atoms with Gasteiger partial charge in [0.25, 0.3) is 0 Å². The van der Waals surface area contributed by atoms with Crippen LogP contribution in [0, 0.1) is 11.8 Å².